The second kappa shape index (κ2) is 5.05. The lowest BCUT2D eigenvalue weighted by Gasteiger charge is -2.26. The SMILES string of the molecule is OC(c1ccc(Br)cn1)C1CCOCC1. The van der Waals surface area contributed by atoms with Crippen molar-refractivity contribution in [2.75, 3.05) is 13.2 Å². The summed E-state index contributed by atoms with van der Waals surface area (Å²) in [6.07, 6.45) is 3.09. The minimum atomic E-state index is -0.456. The van der Waals surface area contributed by atoms with Crippen LogP contribution in [0.1, 0.15) is 24.6 Å². The second-order valence-electron chi connectivity index (χ2n) is 3.80. The predicted molar refractivity (Wildman–Crippen MR) is 60.4 cm³/mol. The van der Waals surface area contributed by atoms with Crippen molar-refractivity contribution in [3.63, 3.8) is 0 Å². The van der Waals surface area contributed by atoms with Crippen LogP contribution in [0, 0.1) is 5.92 Å². The average Bonchev–Trinajstić information content (AvgIpc) is 2.30. The van der Waals surface area contributed by atoms with Gasteiger partial charge in [-0.3, -0.25) is 4.98 Å². The van der Waals surface area contributed by atoms with E-state index in [0.29, 0.717) is 0 Å². The van der Waals surface area contributed by atoms with Crippen molar-refractivity contribution < 1.29 is 9.84 Å². The molecule has 3 nitrogen and oxygen atoms in total. The molecule has 1 saturated heterocycles. The molecule has 0 bridgehead atoms. The third kappa shape index (κ3) is 2.77. The van der Waals surface area contributed by atoms with Gasteiger partial charge < -0.3 is 9.84 Å². The van der Waals surface area contributed by atoms with Crippen molar-refractivity contribution in [2.45, 2.75) is 18.9 Å². The standard InChI is InChI=1S/C11H14BrNO2/c12-9-1-2-10(13-7-9)11(14)8-3-5-15-6-4-8/h1-2,7-8,11,14H,3-6H2. The van der Waals surface area contributed by atoms with Crippen LogP contribution >= 0.6 is 15.9 Å². The van der Waals surface area contributed by atoms with Crippen LogP contribution in [0.15, 0.2) is 22.8 Å². The molecule has 0 spiro atoms. The molecule has 1 atom stereocenters. The highest BCUT2D eigenvalue weighted by molar-refractivity contribution is 9.10. The number of nitrogens with zero attached hydrogens (tertiary/aromatic N) is 1. The molecule has 1 aromatic rings. The lowest BCUT2D eigenvalue weighted by Crippen LogP contribution is -2.22. The summed E-state index contributed by atoms with van der Waals surface area (Å²) in [5, 5.41) is 10.1. The molecule has 0 radical (unpaired) electrons. The van der Waals surface area contributed by atoms with Gasteiger partial charge in [-0.15, -0.1) is 0 Å². The predicted octanol–water partition coefficient (Wildman–Crippen LogP) is 2.30. The van der Waals surface area contributed by atoms with E-state index in [9.17, 15) is 5.11 Å². The Morgan fingerprint density at radius 2 is 2.13 bits per heavy atom. The van der Waals surface area contributed by atoms with Gasteiger partial charge in [0.25, 0.3) is 0 Å². The maximum Gasteiger partial charge on any atom is 0.0989 e. The van der Waals surface area contributed by atoms with Crippen molar-refractivity contribution in [1.29, 1.82) is 0 Å². The third-order valence-corrected chi connectivity index (χ3v) is 3.23. The second-order valence-corrected chi connectivity index (χ2v) is 4.71. The van der Waals surface area contributed by atoms with E-state index in [-0.39, 0.29) is 5.92 Å². The highest BCUT2D eigenvalue weighted by Gasteiger charge is 2.24. The molecule has 0 aromatic carbocycles. The zero-order valence-electron chi connectivity index (χ0n) is 8.40. The zero-order valence-corrected chi connectivity index (χ0v) is 9.98. The molecule has 1 N–H and O–H groups in total. The number of ether oxygens (including phenoxy) is 1. The molecule has 0 saturated carbocycles. The first-order valence-electron chi connectivity index (χ1n) is 5.14. The van der Waals surface area contributed by atoms with Crippen LogP contribution < -0.4 is 0 Å². The fourth-order valence-corrected chi connectivity index (χ4v) is 2.07. The summed E-state index contributed by atoms with van der Waals surface area (Å²) in [7, 11) is 0. The maximum atomic E-state index is 10.1. The molecule has 2 heterocycles. The van der Waals surface area contributed by atoms with Crippen LogP contribution in [0.3, 0.4) is 0 Å². The Bertz CT molecular complexity index is 309. The summed E-state index contributed by atoms with van der Waals surface area (Å²) < 4.78 is 6.20. The quantitative estimate of drug-likeness (QED) is 0.898. The largest absolute Gasteiger partial charge is 0.387 e. The van der Waals surface area contributed by atoms with Gasteiger partial charge in [-0.2, -0.15) is 0 Å². The van der Waals surface area contributed by atoms with Gasteiger partial charge in [0.05, 0.1) is 11.8 Å². The fourth-order valence-electron chi connectivity index (χ4n) is 1.84. The molecular weight excluding hydrogens is 258 g/mol. The van der Waals surface area contributed by atoms with E-state index in [4.69, 9.17) is 4.74 Å². The minimum absolute atomic E-state index is 0.285. The molecule has 15 heavy (non-hydrogen) atoms. The van der Waals surface area contributed by atoms with Crippen LogP contribution in [0.25, 0.3) is 0 Å². The fraction of sp³-hybridized carbons (Fsp3) is 0.545. The van der Waals surface area contributed by atoms with Crippen LogP contribution in [0.2, 0.25) is 0 Å². The number of hydrogen-bond donors (Lipinski definition) is 1. The topological polar surface area (TPSA) is 42.4 Å². The third-order valence-electron chi connectivity index (χ3n) is 2.77. The Labute approximate surface area is 97.6 Å². The van der Waals surface area contributed by atoms with Crippen molar-refractivity contribution in [1.82, 2.24) is 4.98 Å². The summed E-state index contributed by atoms with van der Waals surface area (Å²) in [6, 6.07) is 3.77. The van der Waals surface area contributed by atoms with Crippen molar-refractivity contribution in [3.05, 3.63) is 28.5 Å². The first-order valence-corrected chi connectivity index (χ1v) is 5.94. The normalized spacial score (nSPS) is 20.1. The monoisotopic (exact) mass is 271 g/mol. The molecule has 0 amide bonds. The molecule has 1 aromatic heterocycles. The number of rotatable bonds is 2. The molecule has 1 unspecified atom stereocenters. The van der Waals surface area contributed by atoms with E-state index in [1.54, 1.807) is 6.20 Å². The number of aromatic nitrogens is 1. The van der Waals surface area contributed by atoms with E-state index in [0.717, 1.165) is 36.2 Å². The van der Waals surface area contributed by atoms with E-state index in [2.05, 4.69) is 20.9 Å². The summed E-state index contributed by atoms with van der Waals surface area (Å²) in [5.74, 6) is 0.285. The van der Waals surface area contributed by atoms with Gasteiger partial charge in [0.2, 0.25) is 0 Å². The molecule has 1 aliphatic rings. The molecule has 0 aliphatic carbocycles. The van der Waals surface area contributed by atoms with Crippen LogP contribution in [0.5, 0.6) is 0 Å². The Morgan fingerprint density at radius 1 is 1.40 bits per heavy atom. The first kappa shape index (κ1) is 11.0. The van der Waals surface area contributed by atoms with Gasteiger partial charge >= 0.3 is 0 Å². The van der Waals surface area contributed by atoms with E-state index in [1.807, 2.05) is 12.1 Å². The number of hydrogen-bond acceptors (Lipinski definition) is 3. The lowest BCUT2D eigenvalue weighted by molar-refractivity contribution is 0.00557. The van der Waals surface area contributed by atoms with E-state index in [1.165, 1.54) is 0 Å². The number of aliphatic hydroxyl groups excluding tert-OH is 1. The van der Waals surface area contributed by atoms with Crippen molar-refractivity contribution >= 4 is 15.9 Å². The van der Waals surface area contributed by atoms with E-state index >= 15 is 0 Å². The first-order chi connectivity index (χ1) is 7.27. The van der Waals surface area contributed by atoms with Crippen LogP contribution in [-0.2, 0) is 4.74 Å². The highest BCUT2D eigenvalue weighted by Crippen LogP contribution is 2.29. The van der Waals surface area contributed by atoms with Gasteiger partial charge in [-0.1, -0.05) is 0 Å². The van der Waals surface area contributed by atoms with Gasteiger partial charge in [0.1, 0.15) is 0 Å². The Kier molecular flexibility index (Phi) is 3.72. The smallest absolute Gasteiger partial charge is 0.0989 e. The number of pyridine rings is 1. The van der Waals surface area contributed by atoms with E-state index < -0.39 is 6.10 Å². The summed E-state index contributed by atoms with van der Waals surface area (Å²) in [4.78, 5) is 4.22. The van der Waals surface area contributed by atoms with Gasteiger partial charge in [-0.05, 0) is 46.8 Å². The summed E-state index contributed by atoms with van der Waals surface area (Å²) in [5.41, 5.74) is 0.755. The summed E-state index contributed by atoms with van der Waals surface area (Å²) >= 11 is 3.33. The van der Waals surface area contributed by atoms with Crippen molar-refractivity contribution in [2.24, 2.45) is 5.92 Å². The Balaban J connectivity index is 2.05. The van der Waals surface area contributed by atoms with Crippen molar-refractivity contribution in [3.8, 4) is 0 Å². The number of halogens is 1. The minimum Gasteiger partial charge on any atom is -0.387 e. The van der Waals surface area contributed by atoms with Gasteiger partial charge in [0, 0.05) is 23.9 Å². The average molecular weight is 272 g/mol. The van der Waals surface area contributed by atoms with Crippen LogP contribution in [0.4, 0.5) is 0 Å². The molecule has 1 fully saturated rings. The zero-order chi connectivity index (χ0) is 10.7. The molecular formula is C11H14BrNO2. The Morgan fingerprint density at radius 3 is 2.73 bits per heavy atom. The maximum absolute atomic E-state index is 10.1. The molecule has 82 valence electrons. The van der Waals surface area contributed by atoms with Gasteiger partial charge in [0.15, 0.2) is 0 Å². The summed E-state index contributed by atoms with van der Waals surface area (Å²) in [6.45, 7) is 1.50. The molecule has 4 heteroatoms. The Hall–Kier alpha value is -0.450. The molecule has 1 aliphatic heterocycles. The number of aliphatic hydroxyl groups is 1. The van der Waals surface area contributed by atoms with Gasteiger partial charge in [-0.25, -0.2) is 0 Å². The van der Waals surface area contributed by atoms with Crippen LogP contribution in [-0.4, -0.2) is 23.3 Å². The highest BCUT2D eigenvalue weighted by atomic mass is 79.9. The molecule has 2 rings (SSSR count). The lowest BCUT2D eigenvalue weighted by atomic mass is 9.92.